The summed E-state index contributed by atoms with van der Waals surface area (Å²) >= 11 is 1.68. The zero-order valence-electron chi connectivity index (χ0n) is 18.9. The van der Waals surface area contributed by atoms with Crippen LogP contribution in [0.25, 0.3) is 21.3 Å². The number of aromatic nitrogens is 5. The number of hydrogen-bond acceptors (Lipinski definition) is 7. The highest BCUT2D eigenvalue weighted by Crippen LogP contribution is 2.40. The molecule has 1 fully saturated rings. The van der Waals surface area contributed by atoms with Crippen LogP contribution in [0.5, 0.6) is 5.75 Å². The van der Waals surface area contributed by atoms with Gasteiger partial charge in [-0.2, -0.15) is 0 Å². The SMILES string of the molecule is COc1ccc(-c2csc3ncnc(N4CCCC(c5nnc6n5CCCCC6)C4)c23)cc1. The lowest BCUT2D eigenvalue weighted by atomic mass is 9.96. The number of aryl methyl sites for hydroxylation is 1. The lowest BCUT2D eigenvalue weighted by Crippen LogP contribution is -2.36. The zero-order chi connectivity index (χ0) is 22.2. The normalized spacial score (nSPS) is 18.8. The molecule has 7 nitrogen and oxygen atoms in total. The summed E-state index contributed by atoms with van der Waals surface area (Å²) < 4.78 is 7.75. The van der Waals surface area contributed by atoms with Gasteiger partial charge in [0.1, 0.15) is 34.4 Å². The fourth-order valence-electron chi connectivity index (χ4n) is 5.27. The first-order valence-electron chi connectivity index (χ1n) is 11.9. The molecule has 0 N–H and O–H groups in total. The van der Waals surface area contributed by atoms with E-state index in [1.165, 1.54) is 36.5 Å². The molecule has 0 aliphatic carbocycles. The Bertz CT molecular complexity index is 1260. The number of ether oxygens (including phenoxy) is 1. The Labute approximate surface area is 197 Å². The predicted molar refractivity (Wildman–Crippen MR) is 131 cm³/mol. The van der Waals surface area contributed by atoms with Crippen LogP contribution in [0.4, 0.5) is 5.82 Å². The highest BCUT2D eigenvalue weighted by Gasteiger charge is 2.29. The second kappa shape index (κ2) is 8.74. The van der Waals surface area contributed by atoms with E-state index in [2.05, 4.69) is 42.2 Å². The van der Waals surface area contributed by atoms with E-state index in [-0.39, 0.29) is 0 Å². The van der Waals surface area contributed by atoms with Crippen LogP contribution in [0.15, 0.2) is 36.0 Å². The maximum Gasteiger partial charge on any atom is 0.141 e. The lowest BCUT2D eigenvalue weighted by Gasteiger charge is -2.33. The fourth-order valence-corrected chi connectivity index (χ4v) is 6.18. The minimum Gasteiger partial charge on any atom is -0.497 e. The van der Waals surface area contributed by atoms with Gasteiger partial charge in [0.05, 0.1) is 12.5 Å². The van der Waals surface area contributed by atoms with Crippen LogP contribution in [-0.4, -0.2) is 44.9 Å². The topological polar surface area (TPSA) is 69.0 Å². The molecule has 0 bridgehead atoms. The standard InChI is InChI=1S/C25H28N6OS/c1-32-19-10-8-17(9-11-19)20-15-33-25-22(20)24(26-16-27-25)30-12-5-6-18(14-30)23-29-28-21-7-3-2-4-13-31(21)23/h8-11,15-16,18H,2-7,12-14H2,1H3. The number of benzene rings is 1. The molecule has 3 aromatic heterocycles. The van der Waals surface area contributed by atoms with Crippen LogP contribution < -0.4 is 9.64 Å². The molecule has 170 valence electrons. The molecule has 0 saturated carbocycles. The Balaban J connectivity index is 1.35. The van der Waals surface area contributed by atoms with E-state index in [1.54, 1.807) is 24.8 Å². The molecule has 2 aliphatic heterocycles. The number of fused-ring (bicyclic) bond motifs is 2. The maximum atomic E-state index is 5.34. The van der Waals surface area contributed by atoms with Crippen LogP contribution in [0, 0.1) is 0 Å². The number of nitrogens with zero attached hydrogens (tertiary/aromatic N) is 6. The van der Waals surface area contributed by atoms with Gasteiger partial charge in [-0.05, 0) is 43.4 Å². The molecule has 4 aromatic rings. The molecule has 2 aliphatic rings. The van der Waals surface area contributed by atoms with Crippen molar-refractivity contribution in [2.45, 2.75) is 51.0 Å². The third-order valence-corrected chi connectivity index (χ3v) is 7.86. The van der Waals surface area contributed by atoms with Crippen molar-refractivity contribution < 1.29 is 4.74 Å². The monoisotopic (exact) mass is 460 g/mol. The van der Waals surface area contributed by atoms with Gasteiger partial charge in [-0.1, -0.05) is 18.6 Å². The zero-order valence-corrected chi connectivity index (χ0v) is 19.7. The number of rotatable bonds is 4. The van der Waals surface area contributed by atoms with E-state index in [1.807, 2.05) is 12.1 Å². The Morgan fingerprint density at radius 1 is 1.00 bits per heavy atom. The Hall–Kier alpha value is -3.00. The average molecular weight is 461 g/mol. The molecule has 0 radical (unpaired) electrons. The quantitative estimate of drug-likeness (QED) is 0.424. The van der Waals surface area contributed by atoms with Crippen molar-refractivity contribution in [3.63, 3.8) is 0 Å². The molecule has 5 heterocycles. The summed E-state index contributed by atoms with van der Waals surface area (Å²) in [6.45, 7) is 2.97. The number of hydrogen-bond donors (Lipinski definition) is 0. The average Bonchev–Trinajstić information content (AvgIpc) is 3.41. The van der Waals surface area contributed by atoms with Crippen LogP contribution in [-0.2, 0) is 13.0 Å². The fraction of sp³-hybridized carbons (Fsp3) is 0.440. The van der Waals surface area contributed by atoms with Crippen molar-refractivity contribution in [1.29, 1.82) is 0 Å². The van der Waals surface area contributed by atoms with Gasteiger partial charge in [0.25, 0.3) is 0 Å². The third kappa shape index (κ3) is 3.76. The van der Waals surface area contributed by atoms with Crippen molar-refractivity contribution in [2.75, 3.05) is 25.1 Å². The molecular weight excluding hydrogens is 432 g/mol. The van der Waals surface area contributed by atoms with Crippen molar-refractivity contribution >= 4 is 27.4 Å². The molecule has 1 atom stereocenters. The molecular formula is C25H28N6OS. The first-order chi connectivity index (χ1) is 16.3. The Kier molecular flexibility index (Phi) is 5.46. The molecule has 8 heteroatoms. The van der Waals surface area contributed by atoms with Crippen LogP contribution >= 0.6 is 11.3 Å². The molecule has 0 spiro atoms. The molecule has 6 rings (SSSR count). The summed E-state index contributed by atoms with van der Waals surface area (Å²) in [6.07, 6.45) is 8.76. The largest absolute Gasteiger partial charge is 0.497 e. The van der Waals surface area contributed by atoms with Gasteiger partial charge in [0.2, 0.25) is 0 Å². The highest BCUT2D eigenvalue weighted by molar-refractivity contribution is 7.17. The molecule has 0 amide bonds. The smallest absolute Gasteiger partial charge is 0.141 e. The van der Waals surface area contributed by atoms with Crippen molar-refractivity contribution in [2.24, 2.45) is 0 Å². The highest BCUT2D eigenvalue weighted by atomic mass is 32.1. The van der Waals surface area contributed by atoms with E-state index in [0.29, 0.717) is 5.92 Å². The summed E-state index contributed by atoms with van der Waals surface area (Å²) in [4.78, 5) is 12.9. The van der Waals surface area contributed by atoms with Crippen LogP contribution in [0.1, 0.15) is 49.7 Å². The van der Waals surface area contributed by atoms with E-state index < -0.39 is 0 Å². The van der Waals surface area contributed by atoms with E-state index >= 15 is 0 Å². The Morgan fingerprint density at radius 3 is 2.79 bits per heavy atom. The lowest BCUT2D eigenvalue weighted by molar-refractivity contribution is 0.415. The number of thiophene rings is 1. The third-order valence-electron chi connectivity index (χ3n) is 6.98. The van der Waals surface area contributed by atoms with Gasteiger partial charge in [0.15, 0.2) is 0 Å². The van der Waals surface area contributed by atoms with Gasteiger partial charge in [0, 0.05) is 42.9 Å². The van der Waals surface area contributed by atoms with Crippen LogP contribution in [0.2, 0.25) is 0 Å². The number of piperidine rings is 1. The van der Waals surface area contributed by atoms with Gasteiger partial charge < -0.3 is 14.2 Å². The summed E-state index contributed by atoms with van der Waals surface area (Å²) in [5, 5.41) is 12.6. The first-order valence-corrected chi connectivity index (χ1v) is 12.7. The second-order valence-electron chi connectivity index (χ2n) is 8.98. The van der Waals surface area contributed by atoms with E-state index in [4.69, 9.17) is 9.72 Å². The van der Waals surface area contributed by atoms with E-state index in [9.17, 15) is 0 Å². The van der Waals surface area contributed by atoms with Gasteiger partial charge in [-0.15, -0.1) is 21.5 Å². The number of methoxy groups -OCH3 is 1. The summed E-state index contributed by atoms with van der Waals surface area (Å²) in [6, 6.07) is 8.25. The van der Waals surface area contributed by atoms with Crippen molar-refractivity contribution in [3.8, 4) is 16.9 Å². The Morgan fingerprint density at radius 2 is 1.91 bits per heavy atom. The minimum absolute atomic E-state index is 0.381. The van der Waals surface area contributed by atoms with Gasteiger partial charge in [-0.25, -0.2) is 9.97 Å². The van der Waals surface area contributed by atoms with Crippen LogP contribution in [0.3, 0.4) is 0 Å². The maximum absolute atomic E-state index is 5.34. The summed E-state index contributed by atoms with van der Waals surface area (Å²) in [7, 11) is 1.70. The second-order valence-corrected chi connectivity index (χ2v) is 9.84. The van der Waals surface area contributed by atoms with Gasteiger partial charge >= 0.3 is 0 Å². The summed E-state index contributed by atoms with van der Waals surface area (Å²) in [5.41, 5.74) is 2.35. The molecule has 1 saturated heterocycles. The first kappa shape index (κ1) is 20.6. The van der Waals surface area contributed by atoms with Crippen molar-refractivity contribution in [3.05, 3.63) is 47.6 Å². The summed E-state index contributed by atoms with van der Waals surface area (Å²) in [5.74, 6) is 4.62. The molecule has 33 heavy (non-hydrogen) atoms. The molecule has 1 aromatic carbocycles. The minimum atomic E-state index is 0.381. The van der Waals surface area contributed by atoms with E-state index in [0.717, 1.165) is 66.2 Å². The molecule has 1 unspecified atom stereocenters. The van der Waals surface area contributed by atoms with Gasteiger partial charge in [-0.3, -0.25) is 0 Å². The number of anilines is 1. The predicted octanol–water partition coefficient (Wildman–Crippen LogP) is 5.07. The van der Waals surface area contributed by atoms with Crippen molar-refractivity contribution in [1.82, 2.24) is 24.7 Å².